The third-order valence-corrected chi connectivity index (χ3v) is 9.87. The van der Waals surface area contributed by atoms with Crippen molar-refractivity contribution in [1.29, 1.82) is 0 Å². The predicted octanol–water partition coefficient (Wildman–Crippen LogP) is 5.60. The summed E-state index contributed by atoms with van der Waals surface area (Å²) in [5, 5.41) is 10.8. The van der Waals surface area contributed by atoms with Crippen molar-refractivity contribution in [3.05, 3.63) is 48.2 Å². The van der Waals surface area contributed by atoms with Gasteiger partial charge in [0.2, 0.25) is 0 Å². The normalized spacial score (nSPS) is 37.0. The van der Waals surface area contributed by atoms with Crippen molar-refractivity contribution in [3.8, 4) is 0 Å². The van der Waals surface area contributed by atoms with E-state index in [1.165, 1.54) is 0 Å². The monoisotopic (exact) mass is 487 g/mol. The highest BCUT2D eigenvalue weighted by atomic mass is 16.6. The quantitative estimate of drug-likeness (QED) is 0.587. The van der Waals surface area contributed by atoms with Crippen molar-refractivity contribution in [2.24, 2.45) is 34.5 Å². The minimum absolute atomic E-state index is 0.0218. The lowest BCUT2D eigenvalue weighted by atomic mass is 9.47. The summed E-state index contributed by atoms with van der Waals surface area (Å²) in [7, 11) is 0. The Labute approximate surface area is 210 Å². The van der Waals surface area contributed by atoms with Gasteiger partial charge >= 0.3 is 6.09 Å². The third kappa shape index (κ3) is 3.46. The van der Waals surface area contributed by atoms with Gasteiger partial charge in [-0.1, -0.05) is 26.0 Å². The Morgan fingerprint density at radius 2 is 2.06 bits per heavy atom. The van der Waals surface area contributed by atoms with Crippen LogP contribution in [0.4, 0.5) is 10.5 Å². The SMILES string of the molecule is CC(=O)C1CCC2C3C=CC4=CC(=O)CC[C@@]4(C)C3C(OC(=O)Nc3ccc4cn[nH]c4c3)CC12C. The van der Waals surface area contributed by atoms with E-state index in [0.717, 1.165) is 35.7 Å². The standard InChI is InChI=1S/C29H33N3O4/c1-16(33)22-8-9-23-21-7-5-18-12-20(34)10-11-28(18,2)26(21)25(14-29(22,23)3)36-27(35)31-19-6-4-17-15-30-32-24(17)13-19/h4-7,12-13,15,21-23,25-26H,8-11,14H2,1-3H3,(H,30,32)(H,31,35)/t21?,22?,23?,25?,26?,28-,29?/m1/s1. The Morgan fingerprint density at radius 1 is 1.22 bits per heavy atom. The summed E-state index contributed by atoms with van der Waals surface area (Å²) < 4.78 is 6.27. The van der Waals surface area contributed by atoms with Crippen LogP contribution in [0.15, 0.2) is 48.2 Å². The zero-order valence-electron chi connectivity index (χ0n) is 21.0. The van der Waals surface area contributed by atoms with E-state index < -0.39 is 6.09 Å². The summed E-state index contributed by atoms with van der Waals surface area (Å²) >= 11 is 0. The number of Topliss-reactive ketones (excluding diaryl/α,β-unsaturated/α-hetero) is 1. The number of aromatic nitrogens is 2. The lowest BCUT2D eigenvalue weighted by molar-refractivity contribution is -0.134. The lowest BCUT2D eigenvalue weighted by Crippen LogP contribution is -2.57. The smallest absolute Gasteiger partial charge is 0.411 e. The summed E-state index contributed by atoms with van der Waals surface area (Å²) in [6, 6.07) is 5.57. The molecule has 2 fully saturated rings. The molecule has 188 valence electrons. The van der Waals surface area contributed by atoms with Gasteiger partial charge in [-0.3, -0.25) is 20.0 Å². The first-order valence-electron chi connectivity index (χ1n) is 13.0. The topological polar surface area (TPSA) is 101 Å². The van der Waals surface area contributed by atoms with Crippen molar-refractivity contribution < 1.29 is 19.1 Å². The number of anilines is 1. The van der Waals surface area contributed by atoms with Crippen molar-refractivity contribution in [2.45, 2.75) is 59.0 Å². The van der Waals surface area contributed by atoms with Gasteiger partial charge in [0.1, 0.15) is 11.9 Å². The first-order valence-corrected chi connectivity index (χ1v) is 13.0. The fraction of sp³-hybridized carbons (Fsp3) is 0.517. The number of rotatable bonds is 3. The van der Waals surface area contributed by atoms with Crippen LogP contribution in [0.25, 0.3) is 10.9 Å². The largest absolute Gasteiger partial charge is 0.446 e. The Kier molecular flexibility index (Phi) is 5.25. The molecule has 1 amide bonds. The van der Waals surface area contributed by atoms with Crippen LogP contribution in [0.5, 0.6) is 0 Å². The molecule has 7 atom stereocenters. The number of carbonyl (C=O) groups is 3. The number of amides is 1. The van der Waals surface area contributed by atoms with E-state index in [4.69, 9.17) is 4.74 Å². The molecule has 0 bridgehead atoms. The second-order valence-electron chi connectivity index (χ2n) is 11.7. The molecule has 2 saturated carbocycles. The second kappa shape index (κ2) is 8.15. The fourth-order valence-electron chi connectivity index (χ4n) is 8.17. The molecule has 2 N–H and O–H groups in total. The van der Waals surface area contributed by atoms with E-state index in [1.54, 1.807) is 19.2 Å². The number of nitrogens with one attached hydrogen (secondary N) is 2. The molecular formula is C29H33N3O4. The van der Waals surface area contributed by atoms with E-state index in [9.17, 15) is 14.4 Å². The maximum atomic E-state index is 13.2. The molecule has 0 spiro atoms. The van der Waals surface area contributed by atoms with E-state index in [0.29, 0.717) is 24.4 Å². The summed E-state index contributed by atoms with van der Waals surface area (Å²) in [6.45, 7) is 6.15. The summed E-state index contributed by atoms with van der Waals surface area (Å²) in [6.07, 6.45) is 10.8. The number of allylic oxidation sites excluding steroid dienone is 4. The summed E-state index contributed by atoms with van der Waals surface area (Å²) in [5.74, 6) is 0.979. The average Bonchev–Trinajstić information content (AvgIpc) is 3.42. The molecule has 2 aromatic rings. The Hall–Kier alpha value is -3.22. The van der Waals surface area contributed by atoms with Gasteiger partial charge in [0.15, 0.2) is 5.78 Å². The molecule has 0 saturated heterocycles. The highest BCUT2D eigenvalue weighted by Crippen LogP contribution is 2.65. The molecule has 1 heterocycles. The highest BCUT2D eigenvalue weighted by Gasteiger charge is 2.63. The number of ketones is 2. The molecule has 0 radical (unpaired) electrons. The maximum Gasteiger partial charge on any atom is 0.411 e. The number of nitrogens with zero attached hydrogens (tertiary/aromatic N) is 1. The molecule has 7 heteroatoms. The van der Waals surface area contributed by atoms with Crippen molar-refractivity contribution in [3.63, 3.8) is 0 Å². The van der Waals surface area contributed by atoms with E-state index in [2.05, 4.69) is 41.5 Å². The number of carbonyl (C=O) groups excluding carboxylic acids is 3. The number of fused-ring (bicyclic) bond motifs is 6. The van der Waals surface area contributed by atoms with Gasteiger partial charge < -0.3 is 4.74 Å². The van der Waals surface area contributed by atoms with Gasteiger partial charge in [-0.15, -0.1) is 0 Å². The number of ether oxygens (including phenoxy) is 1. The van der Waals surface area contributed by atoms with Gasteiger partial charge in [-0.2, -0.15) is 5.10 Å². The zero-order chi connectivity index (χ0) is 25.2. The van der Waals surface area contributed by atoms with Crippen LogP contribution in [-0.4, -0.2) is 34.0 Å². The van der Waals surface area contributed by atoms with Gasteiger partial charge in [0, 0.05) is 29.3 Å². The van der Waals surface area contributed by atoms with Crippen LogP contribution in [0, 0.1) is 34.5 Å². The third-order valence-electron chi connectivity index (χ3n) is 9.87. The van der Waals surface area contributed by atoms with Crippen LogP contribution >= 0.6 is 0 Å². The molecule has 1 aromatic heterocycles. The zero-order valence-corrected chi connectivity index (χ0v) is 21.0. The average molecular weight is 488 g/mol. The molecule has 6 unspecified atom stereocenters. The first-order chi connectivity index (χ1) is 17.2. The molecule has 4 aliphatic rings. The van der Waals surface area contributed by atoms with E-state index >= 15 is 0 Å². The van der Waals surface area contributed by atoms with E-state index in [1.807, 2.05) is 18.2 Å². The minimum atomic E-state index is -0.493. The van der Waals surface area contributed by atoms with Crippen LogP contribution in [-0.2, 0) is 14.3 Å². The van der Waals surface area contributed by atoms with Gasteiger partial charge in [-0.25, -0.2) is 4.79 Å². The van der Waals surface area contributed by atoms with Gasteiger partial charge in [0.05, 0.1) is 11.7 Å². The van der Waals surface area contributed by atoms with Crippen LogP contribution in [0.2, 0.25) is 0 Å². The minimum Gasteiger partial charge on any atom is -0.446 e. The maximum absolute atomic E-state index is 13.2. The molecular weight excluding hydrogens is 454 g/mol. The van der Waals surface area contributed by atoms with Crippen molar-refractivity contribution >= 4 is 34.3 Å². The number of benzene rings is 1. The summed E-state index contributed by atoms with van der Waals surface area (Å²) in [4.78, 5) is 38.2. The fourth-order valence-corrected chi connectivity index (χ4v) is 8.17. The van der Waals surface area contributed by atoms with Crippen molar-refractivity contribution in [1.82, 2.24) is 10.2 Å². The molecule has 0 aliphatic heterocycles. The predicted molar refractivity (Wildman–Crippen MR) is 136 cm³/mol. The van der Waals surface area contributed by atoms with Gasteiger partial charge in [0.25, 0.3) is 0 Å². The second-order valence-corrected chi connectivity index (χ2v) is 11.7. The number of H-pyrrole nitrogens is 1. The Balaban J connectivity index is 1.34. The molecule has 6 rings (SSSR count). The van der Waals surface area contributed by atoms with Crippen molar-refractivity contribution in [2.75, 3.05) is 5.32 Å². The Morgan fingerprint density at radius 3 is 2.86 bits per heavy atom. The summed E-state index contributed by atoms with van der Waals surface area (Å²) in [5.41, 5.74) is 2.04. The number of hydrogen-bond donors (Lipinski definition) is 2. The van der Waals surface area contributed by atoms with Gasteiger partial charge in [-0.05, 0) is 85.1 Å². The van der Waals surface area contributed by atoms with Crippen LogP contribution in [0.3, 0.4) is 0 Å². The van der Waals surface area contributed by atoms with E-state index in [-0.39, 0.29) is 46.3 Å². The number of aromatic amines is 1. The van der Waals surface area contributed by atoms with Crippen LogP contribution in [0.1, 0.15) is 52.9 Å². The molecule has 36 heavy (non-hydrogen) atoms. The lowest BCUT2D eigenvalue weighted by Gasteiger charge is -2.58. The van der Waals surface area contributed by atoms with Crippen LogP contribution < -0.4 is 5.32 Å². The highest BCUT2D eigenvalue weighted by molar-refractivity contribution is 5.92. The first kappa shape index (κ1) is 23.2. The molecule has 1 aromatic carbocycles. The number of hydrogen-bond acceptors (Lipinski definition) is 5. The molecule has 4 aliphatic carbocycles. The molecule has 7 nitrogen and oxygen atoms in total. The Bertz CT molecular complexity index is 1320.